The molecule has 0 bridgehead atoms. The lowest BCUT2D eigenvalue weighted by Gasteiger charge is -2.24. The summed E-state index contributed by atoms with van der Waals surface area (Å²) in [6, 6.07) is 7.46. The van der Waals surface area contributed by atoms with E-state index in [4.69, 9.17) is 0 Å². The van der Waals surface area contributed by atoms with Gasteiger partial charge in [0.25, 0.3) is 5.91 Å². The third kappa shape index (κ3) is 3.58. The van der Waals surface area contributed by atoms with Gasteiger partial charge >= 0.3 is 0 Å². The summed E-state index contributed by atoms with van der Waals surface area (Å²) in [6.07, 6.45) is 4.97. The van der Waals surface area contributed by atoms with Crippen molar-refractivity contribution in [1.82, 2.24) is 19.9 Å². The van der Waals surface area contributed by atoms with Crippen LogP contribution in [0.25, 0.3) is 11.1 Å². The standard InChI is InChI=1S/C19H20N4OS/c1-12(18-13(2)25-14(3)22-18)23(4)19(24)16-7-5-6-15(8-16)17-9-20-11-21-10-17/h5-12H,1-4H3/t12-/m1/s1. The Hall–Kier alpha value is -2.60. The average molecular weight is 352 g/mol. The molecule has 5 nitrogen and oxygen atoms in total. The van der Waals surface area contributed by atoms with Crippen LogP contribution >= 0.6 is 11.3 Å². The van der Waals surface area contributed by atoms with Crippen LogP contribution in [0, 0.1) is 13.8 Å². The number of nitrogens with zero attached hydrogens (tertiary/aromatic N) is 4. The van der Waals surface area contributed by atoms with Crippen molar-refractivity contribution in [2.24, 2.45) is 0 Å². The molecule has 0 saturated heterocycles. The van der Waals surface area contributed by atoms with E-state index in [0.717, 1.165) is 26.7 Å². The summed E-state index contributed by atoms with van der Waals surface area (Å²) in [5, 5.41) is 1.02. The molecule has 1 amide bonds. The van der Waals surface area contributed by atoms with Gasteiger partial charge in [-0.15, -0.1) is 11.3 Å². The smallest absolute Gasteiger partial charge is 0.254 e. The van der Waals surface area contributed by atoms with Gasteiger partial charge in [-0.3, -0.25) is 4.79 Å². The van der Waals surface area contributed by atoms with Crippen LogP contribution in [0.2, 0.25) is 0 Å². The summed E-state index contributed by atoms with van der Waals surface area (Å²) in [7, 11) is 1.82. The predicted octanol–water partition coefficient (Wildman–Crippen LogP) is 4.05. The number of hydrogen-bond donors (Lipinski definition) is 0. The molecule has 1 aromatic carbocycles. The molecular formula is C19H20N4OS. The van der Waals surface area contributed by atoms with E-state index >= 15 is 0 Å². The molecule has 0 unspecified atom stereocenters. The Bertz CT molecular complexity index is 891. The Morgan fingerprint density at radius 2 is 1.88 bits per heavy atom. The van der Waals surface area contributed by atoms with Crippen molar-refractivity contribution in [1.29, 1.82) is 0 Å². The third-order valence-electron chi connectivity index (χ3n) is 4.24. The monoisotopic (exact) mass is 352 g/mol. The van der Waals surface area contributed by atoms with Gasteiger partial charge in [0.2, 0.25) is 0 Å². The number of benzene rings is 1. The molecule has 0 saturated carbocycles. The SMILES string of the molecule is Cc1nc([C@@H](C)N(C)C(=O)c2cccc(-c3cncnc3)c2)c(C)s1. The van der Waals surface area contributed by atoms with Crippen LogP contribution in [0.1, 0.15) is 38.9 Å². The van der Waals surface area contributed by atoms with Crippen molar-refractivity contribution < 1.29 is 4.79 Å². The van der Waals surface area contributed by atoms with Crippen molar-refractivity contribution in [2.75, 3.05) is 7.05 Å². The highest BCUT2D eigenvalue weighted by Crippen LogP contribution is 2.27. The first-order valence-electron chi connectivity index (χ1n) is 8.04. The summed E-state index contributed by atoms with van der Waals surface area (Å²) in [4.78, 5) is 28.5. The fourth-order valence-electron chi connectivity index (χ4n) is 2.78. The molecule has 0 aliphatic carbocycles. The Morgan fingerprint density at radius 3 is 2.52 bits per heavy atom. The van der Waals surface area contributed by atoms with Crippen LogP contribution in [0.5, 0.6) is 0 Å². The molecule has 0 radical (unpaired) electrons. The molecule has 3 aromatic rings. The van der Waals surface area contributed by atoms with Gasteiger partial charge in [0.05, 0.1) is 16.7 Å². The van der Waals surface area contributed by atoms with Crippen molar-refractivity contribution in [3.63, 3.8) is 0 Å². The van der Waals surface area contributed by atoms with Crippen LogP contribution in [0.3, 0.4) is 0 Å². The summed E-state index contributed by atoms with van der Waals surface area (Å²) < 4.78 is 0. The lowest BCUT2D eigenvalue weighted by molar-refractivity contribution is 0.0740. The van der Waals surface area contributed by atoms with Crippen LogP contribution in [-0.2, 0) is 0 Å². The van der Waals surface area contributed by atoms with Gasteiger partial charge in [-0.05, 0) is 38.5 Å². The topological polar surface area (TPSA) is 59.0 Å². The molecule has 0 aliphatic heterocycles. The Morgan fingerprint density at radius 1 is 1.16 bits per heavy atom. The Balaban J connectivity index is 1.86. The fourth-order valence-corrected chi connectivity index (χ4v) is 3.68. The van der Waals surface area contributed by atoms with Gasteiger partial charge in [-0.1, -0.05) is 12.1 Å². The van der Waals surface area contributed by atoms with E-state index < -0.39 is 0 Å². The van der Waals surface area contributed by atoms with Crippen LogP contribution in [0.4, 0.5) is 0 Å². The lowest BCUT2D eigenvalue weighted by atomic mass is 10.0. The molecule has 128 valence electrons. The molecule has 6 heteroatoms. The van der Waals surface area contributed by atoms with E-state index in [0.29, 0.717) is 5.56 Å². The normalized spacial score (nSPS) is 12.0. The molecule has 3 rings (SSSR count). The largest absolute Gasteiger partial charge is 0.333 e. The first-order chi connectivity index (χ1) is 12.0. The second-order valence-electron chi connectivity index (χ2n) is 5.97. The molecule has 25 heavy (non-hydrogen) atoms. The molecule has 0 N–H and O–H groups in total. The van der Waals surface area contributed by atoms with Crippen molar-refractivity contribution in [3.05, 3.63) is 64.1 Å². The molecule has 0 spiro atoms. The highest BCUT2D eigenvalue weighted by molar-refractivity contribution is 7.11. The first kappa shape index (κ1) is 17.2. The molecule has 0 aliphatic rings. The zero-order valence-corrected chi connectivity index (χ0v) is 15.5. The Labute approximate surface area is 151 Å². The minimum atomic E-state index is -0.0823. The van der Waals surface area contributed by atoms with Crippen molar-refractivity contribution in [3.8, 4) is 11.1 Å². The zero-order chi connectivity index (χ0) is 18.0. The van der Waals surface area contributed by atoms with Crippen LogP contribution < -0.4 is 0 Å². The molecular weight excluding hydrogens is 332 g/mol. The van der Waals surface area contributed by atoms with Gasteiger partial charge in [0.15, 0.2) is 0 Å². The van der Waals surface area contributed by atoms with E-state index in [1.807, 2.05) is 52.1 Å². The summed E-state index contributed by atoms with van der Waals surface area (Å²) in [6.45, 7) is 6.04. The third-order valence-corrected chi connectivity index (χ3v) is 5.14. The summed E-state index contributed by atoms with van der Waals surface area (Å²) >= 11 is 1.66. The van der Waals surface area contributed by atoms with E-state index in [-0.39, 0.29) is 11.9 Å². The zero-order valence-electron chi connectivity index (χ0n) is 14.7. The molecule has 0 fully saturated rings. The number of aromatic nitrogens is 3. The van der Waals surface area contributed by atoms with Gasteiger partial charge in [0, 0.05) is 35.4 Å². The number of carbonyl (C=O) groups excluding carboxylic acids is 1. The highest BCUT2D eigenvalue weighted by Gasteiger charge is 2.22. The number of rotatable bonds is 4. The van der Waals surface area contributed by atoms with E-state index in [9.17, 15) is 4.79 Å². The van der Waals surface area contributed by atoms with Gasteiger partial charge in [0.1, 0.15) is 6.33 Å². The van der Waals surface area contributed by atoms with Crippen LogP contribution in [0.15, 0.2) is 43.0 Å². The van der Waals surface area contributed by atoms with E-state index in [1.54, 1.807) is 28.6 Å². The number of aryl methyl sites for hydroxylation is 2. The number of thiazole rings is 1. The van der Waals surface area contributed by atoms with Gasteiger partial charge in [-0.2, -0.15) is 0 Å². The maximum absolute atomic E-state index is 12.9. The van der Waals surface area contributed by atoms with Crippen molar-refractivity contribution >= 4 is 17.2 Å². The molecule has 2 aromatic heterocycles. The second-order valence-corrected chi connectivity index (χ2v) is 7.38. The maximum Gasteiger partial charge on any atom is 0.254 e. The average Bonchev–Trinajstić information content (AvgIpc) is 2.99. The lowest BCUT2D eigenvalue weighted by Crippen LogP contribution is -2.30. The molecule has 1 atom stereocenters. The first-order valence-corrected chi connectivity index (χ1v) is 8.85. The number of carbonyl (C=O) groups is 1. The van der Waals surface area contributed by atoms with E-state index in [1.165, 1.54) is 6.33 Å². The summed E-state index contributed by atoms with van der Waals surface area (Å²) in [5.41, 5.74) is 3.42. The minimum Gasteiger partial charge on any atom is -0.333 e. The fraction of sp³-hybridized carbons (Fsp3) is 0.263. The maximum atomic E-state index is 12.9. The molecule has 2 heterocycles. The Kier molecular flexibility index (Phi) is 4.90. The highest BCUT2D eigenvalue weighted by atomic mass is 32.1. The number of hydrogen-bond acceptors (Lipinski definition) is 5. The second kappa shape index (κ2) is 7.11. The minimum absolute atomic E-state index is 0.0312. The van der Waals surface area contributed by atoms with Gasteiger partial charge in [-0.25, -0.2) is 15.0 Å². The van der Waals surface area contributed by atoms with Gasteiger partial charge < -0.3 is 4.90 Å². The quantitative estimate of drug-likeness (QED) is 0.711. The summed E-state index contributed by atoms with van der Waals surface area (Å²) in [5.74, 6) is -0.0312. The van der Waals surface area contributed by atoms with Crippen molar-refractivity contribution in [2.45, 2.75) is 26.8 Å². The number of amides is 1. The van der Waals surface area contributed by atoms with Crippen LogP contribution in [-0.4, -0.2) is 32.8 Å². The van der Waals surface area contributed by atoms with E-state index in [2.05, 4.69) is 15.0 Å². The predicted molar refractivity (Wildman–Crippen MR) is 99.6 cm³/mol.